The van der Waals surface area contributed by atoms with Crippen LogP contribution in [0.2, 0.25) is 0 Å². The Morgan fingerprint density at radius 2 is 1.71 bits per heavy atom. The minimum Gasteiger partial charge on any atom is -0.480 e. The third-order valence-corrected chi connectivity index (χ3v) is 3.88. The standard InChI is InChI=1S/C18H16N2O4/c21-16(22)11-20-15-9-5-4-8-13(15)17(23)19-14(18(20)24)10-12-6-2-1-3-7-12/h1-9,14H,10-11H2,(H,19,23)(H,21,22). The summed E-state index contributed by atoms with van der Waals surface area (Å²) in [6.45, 7) is -0.490. The number of carboxylic acid groups (broad SMARTS) is 1. The molecule has 1 heterocycles. The number of benzene rings is 2. The molecule has 1 atom stereocenters. The van der Waals surface area contributed by atoms with Crippen molar-refractivity contribution in [1.82, 2.24) is 5.32 Å². The second kappa shape index (κ2) is 6.54. The molecule has 2 aromatic carbocycles. The van der Waals surface area contributed by atoms with Gasteiger partial charge in [0.2, 0.25) is 5.91 Å². The first kappa shape index (κ1) is 15.7. The lowest BCUT2D eigenvalue weighted by molar-refractivity contribution is -0.136. The van der Waals surface area contributed by atoms with Crippen molar-refractivity contribution < 1.29 is 19.5 Å². The fraction of sp³-hybridized carbons (Fsp3) is 0.167. The lowest BCUT2D eigenvalue weighted by atomic mass is 10.0. The smallest absolute Gasteiger partial charge is 0.323 e. The molecule has 2 aromatic rings. The Kier molecular flexibility index (Phi) is 4.29. The fourth-order valence-electron chi connectivity index (χ4n) is 2.79. The zero-order chi connectivity index (χ0) is 17.1. The molecule has 0 bridgehead atoms. The highest BCUT2D eigenvalue weighted by atomic mass is 16.4. The molecule has 3 rings (SSSR count). The number of carbonyl (C=O) groups is 3. The number of hydrogen-bond donors (Lipinski definition) is 2. The minimum atomic E-state index is -1.13. The Balaban J connectivity index is 1.98. The summed E-state index contributed by atoms with van der Waals surface area (Å²) in [7, 11) is 0. The molecule has 0 radical (unpaired) electrons. The van der Waals surface area contributed by atoms with Crippen molar-refractivity contribution >= 4 is 23.5 Å². The Hall–Kier alpha value is -3.15. The molecule has 2 amide bonds. The van der Waals surface area contributed by atoms with Crippen LogP contribution < -0.4 is 10.2 Å². The number of carbonyl (C=O) groups excluding carboxylic acids is 2. The average molecular weight is 324 g/mol. The number of nitrogens with one attached hydrogen (secondary N) is 1. The first-order valence-corrected chi connectivity index (χ1v) is 7.53. The zero-order valence-corrected chi connectivity index (χ0v) is 12.8. The van der Waals surface area contributed by atoms with Crippen LogP contribution in [0.3, 0.4) is 0 Å². The van der Waals surface area contributed by atoms with E-state index < -0.39 is 24.5 Å². The third kappa shape index (κ3) is 3.12. The van der Waals surface area contributed by atoms with E-state index in [0.717, 1.165) is 10.5 Å². The van der Waals surface area contributed by atoms with Gasteiger partial charge in [0.05, 0.1) is 11.3 Å². The largest absolute Gasteiger partial charge is 0.480 e. The summed E-state index contributed by atoms with van der Waals surface area (Å²) in [6, 6.07) is 15.0. The molecule has 0 saturated carbocycles. The number of hydrogen-bond acceptors (Lipinski definition) is 3. The summed E-state index contributed by atoms with van der Waals surface area (Å²) in [5.74, 6) is -1.95. The first-order valence-electron chi connectivity index (χ1n) is 7.53. The maximum atomic E-state index is 12.8. The summed E-state index contributed by atoms with van der Waals surface area (Å²) in [5.41, 5.74) is 1.50. The number of aliphatic carboxylic acids is 1. The van der Waals surface area contributed by atoms with Crippen LogP contribution in [0.4, 0.5) is 5.69 Å². The van der Waals surface area contributed by atoms with Crippen molar-refractivity contribution in [2.45, 2.75) is 12.5 Å². The molecular weight excluding hydrogens is 308 g/mol. The van der Waals surface area contributed by atoms with Crippen LogP contribution in [-0.4, -0.2) is 35.5 Å². The number of nitrogens with zero attached hydrogens (tertiary/aromatic N) is 1. The molecule has 0 aliphatic carbocycles. The van der Waals surface area contributed by atoms with Crippen LogP contribution in [-0.2, 0) is 16.0 Å². The number of rotatable bonds is 4. The Bertz CT molecular complexity index is 789. The normalized spacial score (nSPS) is 17.0. The van der Waals surface area contributed by atoms with Gasteiger partial charge in [0.15, 0.2) is 0 Å². The average Bonchev–Trinajstić information content (AvgIpc) is 2.67. The van der Waals surface area contributed by atoms with Crippen LogP contribution in [0.5, 0.6) is 0 Å². The maximum absolute atomic E-state index is 12.8. The Morgan fingerprint density at radius 3 is 2.42 bits per heavy atom. The van der Waals surface area contributed by atoms with Gasteiger partial charge in [0.25, 0.3) is 5.91 Å². The second-order valence-corrected chi connectivity index (χ2v) is 5.55. The maximum Gasteiger partial charge on any atom is 0.323 e. The highest BCUT2D eigenvalue weighted by molar-refractivity contribution is 6.12. The second-order valence-electron chi connectivity index (χ2n) is 5.55. The van der Waals surface area contributed by atoms with Crippen molar-refractivity contribution in [2.75, 3.05) is 11.4 Å². The molecule has 2 N–H and O–H groups in total. The zero-order valence-electron chi connectivity index (χ0n) is 12.8. The summed E-state index contributed by atoms with van der Waals surface area (Å²) < 4.78 is 0. The van der Waals surface area contributed by atoms with Gasteiger partial charge in [-0.1, -0.05) is 42.5 Å². The van der Waals surface area contributed by atoms with E-state index in [1.54, 1.807) is 24.3 Å². The SMILES string of the molecule is O=C(O)CN1C(=O)C(Cc2ccccc2)NC(=O)c2ccccc21. The summed E-state index contributed by atoms with van der Waals surface area (Å²) in [6.07, 6.45) is 0.301. The van der Waals surface area contributed by atoms with E-state index >= 15 is 0 Å². The van der Waals surface area contributed by atoms with Gasteiger partial charge in [-0.25, -0.2) is 0 Å². The molecule has 0 fully saturated rings. The van der Waals surface area contributed by atoms with E-state index in [2.05, 4.69) is 5.32 Å². The minimum absolute atomic E-state index is 0.294. The van der Waals surface area contributed by atoms with Gasteiger partial charge < -0.3 is 10.4 Å². The monoisotopic (exact) mass is 324 g/mol. The van der Waals surface area contributed by atoms with E-state index in [4.69, 9.17) is 5.11 Å². The van der Waals surface area contributed by atoms with Crippen LogP contribution in [0.1, 0.15) is 15.9 Å². The van der Waals surface area contributed by atoms with Crippen LogP contribution >= 0.6 is 0 Å². The predicted octanol–water partition coefficient (Wildman–Crippen LogP) is 1.46. The first-order chi connectivity index (χ1) is 11.6. The van der Waals surface area contributed by atoms with Gasteiger partial charge >= 0.3 is 5.97 Å². The molecule has 6 heteroatoms. The summed E-state index contributed by atoms with van der Waals surface area (Å²) >= 11 is 0. The van der Waals surface area contributed by atoms with Crippen LogP contribution in [0, 0.1) is 0 Å². The lowest BCUT2D eigenvalue weighted by Gasteiger charge is -2.23. The summed E-state index contributed by atoms with van der Waals surface area (Å²) in [5, 5.41) is 11.9. The van der Waals surface area contributed by atoms with Crippen molar-refractivity contribution in [2.24, 2.45) is 0 Å². The molecule has 1 unspecified atom stereocenters. The number of carboxylic acids is 1. The van der Waals surface area contributed by atoms with Crippen LogP contribution in [0.15, 0.2) is 54.6 Å². The van der Waals surface area contributed by atoms with Gasteiger partial charge in [-0.3, -0.25) is 19.3 Å². The van der Waals surface area contributed by atoms with Crippen LogP contribution in [0.25, 0.3) is 0 Å². The molecular formula is C18H16N2O4. The molecule has 0 spiro atoms. The highest BCUT2D eigenvalue weighted by Crippen LogP contribution is 2.24. The quantitative estimate of drug-likeness (QED) is 0.891. The van der Waals surface area contributed by atoms with Gasteiger partial charge in [0, 0.05) is 6.42 Å². The van der Waals surface area contributed by atoms with Gasteiger partial charge in [0.1, 0.15) is 12.6 Å². The fourth-order valence-corrected chi connectivity index (χ4v) is 2.79. The lowest BCUT2D eigenvalue weighted by Crippen LogP contribution is -2.48. The number of fused-ring (bicyclic) bond motifs is 1. The van der Waals surface area contributed by atoms with E-state index in [9.17, 15) is 14.4 Å². The Morgan fingerprint density at radius 1 is 1.04 bits per heavy atom. The Labute approximate surface area is 138 Å². The number of para-hydroxylation sites is 1. The topological polar surface area (TPSA) is 86.7 Å². The number of amides is 2. The van der Waals surface area contributed by atoms with Gasteiger partial charge in [-0.15, -0.1) is 0 Å². The van der Waals surface area contributed by atoms with Crippen molar-refractivity contribution in [3.8, 4) is 0 Å². The molecule has 6 nitrogen and oxygen atoms in total. The third-order valence-electron chi connectivity index (χ3n) is 3.88. The predicted molar refractivity (Wildman–Crippen MR) is 87.8 cm³/mol. The highest BCUT2D eigenvalue weighted by Gasteiger charge is 2.34. The van der Waals surface area contributed by atoms with Gasteiger partial charge in [-0.2, -0.15) is 0 Å². The summed E-state index contributed by atoms with van der Waals surface area (Å²) in [4.78, 5) is 37.6. The molecule has 1 aliphatic heterocycles. The van der Waals surface area contributed by atoms with E-state index in [-0.39, 0.29) is 5.91 Å². The molecule has 24 heavy (non-hydrogen) atoms. The van der Waals surface area contributed by atoms with E-state index in [1.807, 2.05) is 30.3 Å². The molecule has 122 valence electrons. The van der Waals surface area contributed by atoms with Crippen molar-refractivity contribution in [3.63, 3.8) is 0 Å². The van der Waals surface area contributed by atoms with Crippen molar-refractivity contribution in [3.05, 3.63) is 65.7 Å². The molecule has 0 saturated heterocycles. The van der Waals surface area contributed by atoms with Gasteiger partial charge in [-0.05, 0) is 17.7 Å². The number of anilines is 1. The van der Waals surface area contributed by atoms with E-state index in [1.165, 1.54) is 0 Å². The van der Waals surface area contributed by atoms with Crippen molar-refractivity contribution in [1.29, 1.82) is 0 Å². The molecule has 1 aliphatic rings. The molecule has 0 aromatic heterocycles. The van der Waals surface area contributed by atoms with E-state index in [0.29, 0.717) is 17.7 Å².